The molecule has 0 saturated carbocycles. The average Bonchev–Trinajstić information content (AvgIpc) is 2.23. The molecule has 0 radical (unpaired) electrons. The third kappa shape index (κ3) is 2.31. The summed E-state index contributed by atoms with van der Waals surface area (Å²) in [5.41, 5.74) is -0.243. The Hall–Kier alpha value is -1.83. The summed E-state index contributed by atoms with van der Waals surface area (Å²) in [6, 6.07) is 7.79. The molecule has 3 atom stereocenters. The van der Waals surface area contributed by atoms with Crippen molar-refractivity contribution in [3.8, 4) is 0 Å². The zero-order valence-electron chi connectivity index (χ0n) is 8.46. The van der Waals surface area contributed by atoms with Crippen LogP contribution in [0.3, 0.4) is 0 Å². The van der Waals surface area contributed by atoms with Crippen molar-refractivity contribution in [1.29, 1.82) is 0 Å². The number of nitrogens with zero attached hydrogens (tertiary/aromatic N) is 2. The van der Waals surface area contributed by atoms with Crippen LogP contribution < -0.4 is 0 Å². The van der Waals surface area contributed by atoms with Crippen molar-refractivity contribution in [1.82, 2.24) is 0 Å². The maximum atomic E-state index is 10.8. The first kappa shape index (κ1) is 11.6. The van der Waals surface area contributed by atoms with Gasteiger partial charge in [-0.2, -0.15) is 0 Å². The summed E-state index contributed by atoms with van der Waals surface area (Å²) < 4.78 is 0. The van der Waals surface area contributed by atoms with E-state index in [1.807, 2.05) is 0 Å². The quantitative estimate of drug-likeness (QED) is 0.600. The SMILES string of the molecule is O=[N+]([O-])O[C@H]1S[C@@H](c2ccccc2)[C@@H]1[N+](=O)[O-]. The largest absolute Gasteiger partial charge is 0.295 e. The van der Waals surface area contributed by atoms with Gasteiger partial charge < -0.3 is 0 Å². The van der Waals surface area contributed by atoms with Crippen LogP contribution in [0.25, 0.3) is 0 Å². The minimum Gasteiger partial charge on any atom is -0.292 e. The van der Waals surface area contributed by atoms with Crippen LogP contribution in [0.2, 0.25) is 0 Å². The standard InChI is InChI=1S/C9H8N2O5S/c12-10(13)7-8(6-4-2-1-3-5-6)17-9(7)16-11(14)15/h1-5,7-9H/t7-,8-,9-/m0/s1. The van der Waals surface area contributed by atoms with E-state index in [-0.39, 0.29) is 0 Å². The minimum absolute atomic E-state index is 0.392. The molecule has 90 valence electrons. The summed E-state index contributed by atoms with van der Waals surface area (Å²) in [5.74, 6) is 0. The molecule has 2 rings (SSSR count). The molecule has 0 N–H and O–H groups in total. The Morgan fingerprint density at radius 3 is 2.35 bits per heavy atom. The zero-order chi connectivity index (χ0) is 12.4. The van der Waals surface area contributed by atoms with E-state index in [1.54, 1.807) is 30.3 Å². The summed E-state index contributed by atoms with van der Waals surface area (Å²) in [5, 5.41) is 19.6. The van der Waals surface area contributed by atoms with E-state index >= 15 is 0 Å². The molecule has 0 bridgehead atoms. The Balaban J connectivity index is 2.12. The highest BCUT2D eigenvalue weighted by molar-refractivity contribution is 8.01. The molecule has 1 heterocycles. The second-order valence-corrected chi connectivity index (χ2v) is 4.69. The first-order valence-electron chi connectivity index (χ1n) is 4.74. The van der Waals surface area contributed by atoms with E-state index in [9.17, 15) is 20.2 Å². The molecular formula is C9H8N2O5S. The maximum Gasteiger partial charge on any atom is 0.295 e. The number of nitro groups is 1. The third-order valence-corrected chi connectivity index (χ3v) is 3.91. The van der Waals surface area contributed by atoms with Crippen LogP contribution in [-0.4, -0.2) is 21.5 Å². The Morgan fingerprint density at radius 1 is 1.18 bits per heavy atom. The van der Waals surface area contributed by atoms with Crippen LogP contribution in [0, 0.1) is 20.2 Å². The van der Waals surface area contributed by atoms with Gasteiger partial charge in [0.2, 0.25) is 5.44 Å². The second kappa shape index (κ2) is 4.58. The van der Waals surface area contributed by atoms with Crippen LogP contribution in [0.1, 0.15) is 10.8 Å². The van der Waals surface area contributed by atoms with Crippen molar-refractivity contribution in [2.75, 3.05) is 0 Å². The Bertz CT molecular complexity index is 440. The zero-order valence-corrected chi connectivity index (χ0v) is 9.28. The average molecular weight is 256 g/mol. The lowest BCUT2D eigenvalue weighted by Gasteiger charge is -2.35. The van der Waals surface area contributed by atoms with E-state index in [0.29, 0.717) is 0 Å². The first-order valence-corrected chi connectivity index (χ1v) is 5.69. The molecule has 1 saturated heterocycles. The normalized spacial score (nSPS) is 26.9. The molecule has 1 aliphatic rings. The van der Waals surface area contributed by atoms with E-state index in [1.165, 1.54) is 0 Å². The van der Waals surface area contributed by atoms with Gasteiger partial charge in [0.1, 0.15) is 5.25 Å². The Morgan fingerprint density at radius 2 is 1.82 bits per heavy atom. The third-order valence-electron chi connectivity index (χ3n) is 2.43. The van der Waals surface area contributed by atoms with Crippen LogP contribution >= 0.6 is 11.8 Å². The van der Waals surface area contributed by atoms with Crippen molar-refractivity contribution in [3.63, 3.8) is 0 Å². The molecule has 0 amide bonds. The number of thioether (sulfide) groups is 1. The molecule has 1 aliphatic heterocycles. The van der Waals surface area contributed by atoms with Crippen molar-refractivity contribution in [3.05, 3.63) is 56.1 Å². The van der Waals surface area contributed by atoms with Gasteiger partial charge in [0.25, 0.3) is 11.1 Å². The topological polar surface area (TPSA) is 95.5 Å². The highest BCUT2D eigenvalue weighted by atomic mass is 32.2. The van der Waals surface area contributed by atoms with Crippen LogP contribution in [0.4, 0.5) is 0 Å². The van der Waals surface area contributed by atoms with E-state index in [4.69, 9.17) is 0 Å². The molecule has 1 aromatic carbocycles. The smallest absolute Gasteiger partial charge is 0.292 e. The van der Waals surface area contributed by atoms with Gasteiger partial charge in [0, 0.05) is 4.92 Å². The van der Waals surface area contributed by atoms with Crippen LogP contribution in [0.15, 0.2) is 30.3 Å². The maximum absolute atomic E-state index is 10.8. The fourth-order valence-corrected chi connectivity index (χ4v) is 2.93. The fraction of sp³-hybridized carbons (Fsp3) is 0.333. The molecular weight excluding hydrogens is 248 g/mol. The van der Waals surface area contributed by atoms with Crippen molar-refractivity contribution >= 4 is 11.8 Å². The summed E-state index contributed by atoms with van der Waals surface area (Å²) in [6.45, 7) is 0. The lowest BCUT2D eigenvalue weighted by Crippen LogP contribution is -2.47. The van der Waals surface area contributed by atoms with Gasteiger partial charge in [-0.05, 0) is 5.56 Å². The van der Waals surface area contributed by atoms with Crippen LogP contribution in [0.5, 0.6) is 0 Å². The van der Waals surface area contributed by atoms with E-state index in [0.717, 1.165) is 17.3 Å². The second-order valence-electron chi connectivity index (χ2n) is 3.44. The Labute approximate surface area is 100 Å². The van der Waals surface area contributed by atoms with Gasteiger partial charge >= 0.3 is 0 Å². The molecule has 0 aromatic heterocycles. The molecule has 7 nitrogen and oxygen atoms in total. The monoisotopic (exact) mass is 256 g/mol. The number of hydrogen-bond acceptors (Lipinski definition) is 6. The lowest BCUT2D eigenvalue weighted by atomic mass is 10.1. The number of benzene rings is 1. The van der Waals surface area contributed by atoms with E-state index in [2.05, 4.69) is 4.84 Å². The highest BCUT2D eigenvalue weighted by Gasteiger charge is 2.54. The molecule has 0 aliphatic carbocycles. The van der Waals surface area contributed by atoms with Crippen LogP contribution in [-0.2, 0) is 4.84 Å². The first-order chi connectivity index (χ1) is 8.09. The lowest BCUT2D eigenvalue weighted by molar-refractivity contribution is -0.772. The number of hydrogen-bond donors (Lipinski definition) is 0. The molecule has 0 spiro atoms. The van der Waals surface area contributed by atoms with Gasteiger partial charge in [-0.15, -0.1) is 21.9 Å². The van der Waals surface area contributed by atoms with Gasteiger partial charge in [-0.25, -0.2) is 0 Å². The molecule has 1 fully saturated rings. The van der Waals surface area contributed by atoms with Gasteiger partial charge in [-0.1, -0.05) is 30.3 Å². The van der Waals surface area contributed by atoms with Gasteiger partial charge in [-0.3, -0.25) is 15.0 Å². The van der Waals surface area contributed by atoms with Crippen molar-refractivity contribution < 1.29 is 14.8 Å². The predicted octanol–water partition coefficient (Wildman–Crippen LogP) is 1.65. The summed E-state index contributed by atoms with van der Waals surface area (Å²) in [6.07, 6.45) is 0. The predicted molar refractivity (Wildman–Crippen MR) is 59.4 cm³/mol. The molecule has 1 aromatic rings. The summed E-state index contributed by atoms with van der Waals surface area (Å²) in [4.78, 5) is 24.7. The molecule has 8 heteroatoms. The number of rotatable bonds is 4. The molecule has 17 heavy (non-hydrogen) atoms. The minimum atomic E-state index is -1.08. The van der Waals surface area contributed by atoms with Crippen molar-refractivity contribution in [2.45, 2.75) is 16.7 Å². The summed E-state index contributed by atoms with van der Waals surface area (Å²) >= 11 is 1.09. The van der Waals surface area contributed by atoms with Gasteiger partial charge in [0.05, 0.1) is 0 Å². The molecule has 0 unspecified atom stereocenters. The summed E-state index contributed by atoms with van der Waals surface area (Å²) in [7, 11) is 0. The van der Waals surface area contributed by atoms with E-state index < -0.39 is 26.7 Å². The van der Waals surface area contributed by atoms with Crippen molar-refractivity contribution in [2.24, 2.45) is 0 Å². The highest BCUT2D eigenvalue weighted by Crippen LogP contribution is 2.50. The Kier molecular flexibility index (Phi) is 3.14. The fourth-order valence-electron chi connectivity index (χ4n) is 1.66. The van der Waals surface area contributed by atoms with Gasteiger partial charge in [0.15, 0.2) is 0 Å².